The lowest BCUT2D eigenvalue weighted by Crippen LogP contribution is -2.03. The summed E-state index contributed by atoms with van der Waals surface area (Å²) in [7, 11) is 0. The highest BCUT2D eigenvalue weighted by Gasteiger charge is 2.14. The van der Waals surface area contributed by atoms with Crippen LogP contribution in [0.25, 0.3) is 11.1 Å². The highest BCUT2D eigenvalue weighted by Crippen LogP contribution is 2.24. The molecule has 84 valence electrons. The summed E-state index contributed by atoms with van der Waals surface area (Å²) in [6.45, 7) is 1.43. The third-order valence-electron chi connectivity index (χ3n) is 2.73. The average molecular weight is 224 g/mol. The molecule has 0 amide bonds. The van der Waals surface area contributed by atoms with Crippen LogP contribution in [0.2, 0.25) is 0 Å². The first-order chi connectivity index (χ1) is 8.45. The summed E-state index contributed by atoms with van der Waals surface area (Å²) in [6, 6.07) is 12.1. The summed E-state index contributed by atoms with van der Waals surface area (Å²) in [6.07, 6.45) is 3.59. The van der Waals surface area contributed by atoms with E-state index in [2.05, 4.69) is 16.0 Å². The van der Waals surface area contributed by atoms with Crippen molar-refractivity contribution in [1.82, 2.24) is 4.98 Å². The topological polar surface area (TPSA) is 34.5 Å². The lowest BCUT2D eigenvalue weighted by atomic mass is 10.0. The van der Waals surface area contributed by atoms with Crippen LogP contribution in [-0.2, 0) is 4.74 Å². The van der Waals surface area contributed by atoms with E-state index < -0.39 is 0 Å². The zero-order chi connectivity index (χ0) is 11.5. The predicted octanol–water partition coefficient (Wildman–Crippen LogP) is 2.53. The molecule has 17 heavy (non-hydrogen) atoms. The van der Waals surface area contributed by atoms with E-state index in [4.69, 9.17) is 4.74 Å². The van der Waals surface area contributed by atoms with E-state index in [0.717, 1.165) is 29.1 Å². The predicted molar refractivity (Wildman–Crippen MR) is 67.0 cm³/mol. The van der Waals surface area contributed by atoms with Crippen LogP contribution in [0.1, 0.15) is 5.56 Å². The van der Waals surface area contributed by atoms with Gasteiger partial charge in [-0.15, -0.1) is 0 Å². The largest absolute Gasteiger partial charge is 0.475 e. The van der Waals surface area contributed by atoms with Crippen LogP contribution < -0.4 is 0 Å². The first-order valence-electron chi connectivity index (χ1n) is 5.62. The molecule has 0 spiro atoms. The fourth-order valence-electron chi connectivity index (χ4n) is 1.95. The molecule has 0 unspecified atom stereocenters. The maximum atomic E-state index is 5.54. The minimum Gasteiger partial charge on any atom is -0.475 e. The van der Waals surface area contributed by atoms with Crippen molar-refractivity contribution in [3.8, 4) is 11.1 Å². The van der Waals surface area contributed by atoms with Crippen LogP contribution >= 0.6 is 0 Å². The summed E-state index contributed by atoms with van der Waals surface area (Å²) in [5.74, 6) is 0.748. The Labute approximate surface area is 99.8 Å². The second-order valence-electron chi connectivity index (χ2n) is 3.82. The van der Waals surface area contributed by atoms with Crippen LogP contribution in [0, 0.1) is 0 Å². The van der Waals surface area contributed by atoms with Crippen LogP contribution in [0.4, 0.5) is 0 Å². The van der Waals surface area contributed by atoms with Gasteiger partial charge in [0.2, 0.25) is 5.90 Å². The number of aromatic nitrogens is 1. The molecule has 0 bridgehead atoms. The maximum absolute atomic E-state index is 5.54. The fraction of sp³-hybridized carbons (Fsp3) is 0.143. The summed E-state index contributed by atoms with van der Waals surface area (Å²) in [5.41, 5.74) is 3.32. The Morgan fingerprint density at radius 1 is 0.941 bits per heavy atom. The lowest BCUT2D eigenvalue weighted by Gasteiger charge is -2.08. The Morgan fingerprint density at radius 3 is 2.41 bits per heavy atom. The third-order valence-corrected chi connectivity index (χ3v) is 2.73. The zero-order valence-electron chi connectivity index (χ0n) is 9.34. The first kappa shape index (κ1) is 10.0. The highest BCUT2D eigenvalue weighted by molar-refractivity contribution is 6.01. The van der Waals surface area contributed by atoms with Crippen LogP contribution in [-0.4, -0.2) is 24.0 Å². The van der Waals surface area contributed by atoms with E-state index in [1.54, 1.807) is 12.4 Å². The van der Waals surface area contributed by atoms with E-state index in [1.807, 2.05) is 30.3 Å². The van der Waals surface area contributed by atoms with Gasteiger partial charge < -0.3 is 4.74 Å². The summed E-state index contributed by atoms with van der Waals surface area (Å²) < 4.78 is 5.54. The van der Waals surface area contributed by atoms with Crippen molar-refractivity contribution in [3.05, 3.63) is 54.4 Å². The SMILES string of the molecule is c1ccc(-c2ccncc2)c(C2=NCCO2)c1. The van der Waals surface area contributed by atoms with Crippen LogP contribution in [0.15, 0.2) is 53.8 Å². The Kier molecular flexibility index (Phi) is 2.58. The number of nitrogens with zero attached hydrogens (tertiary/aromatic N) is 2. The molecule has 1 aliphatic rings. The van der Waals surface area contributed by atoms with Gasteiger partial charge in [0.05, 0.1) is 6.54 Å². The van der Waals surface area contributed by atoms with Crippen molar-refractivity contribution in [2.24, 2.45) is 4.99 Å². The van der Waals surface area contributed by atoms with Crippen molar-refractivity contribution in [2.75, 3.05) is 13.2 Å². The van der Waals surface area contributed by atoms with Crippen molar-refractivity contribution >= 4 is 5.90 Å². The molecule has 0 saturated carbocycles. The molecule has 0 fully saturated rings. The smallest absolute Gasteiger partial charge is 0.216 e. The second-order valence-corrected chi connectivity index (χ2v) is 3.82. The van der Waals surface area contributed by atoms with Gasteiger partial charge in [-0.1, -0.05) is 18.2 Å². The van der Waals surface area contributed by atoms with E-state index >= 15 is 0 Å². The number of hydrogen-bond donors (Lipinski definition) is 0. The normalized spacial score (nSPS) is 14.2. The van der Waals surface area contributed by atoms with Gasteiger partial charge in [-0.2, -0.15) is 0 Å². The van der Waals surface area contributed by atoms with Gasteiger partial charge >= 0.3 is 0 Å². The first-order valence-corrected chi connectivity index (χ1v) is 5.62. The standard InChI is InChI=1S/C14H12N2O/c1-2-4-13(14-16-9-10-17-14)12(3-1)11-5-7-15-8-6-11/h1-8H,9-10H2. The molecule has 0 aliphatic carbocycles. The molecule has 1 aromatic heterocycles. The number of ether oxygens (including phenoxy) is 1. The minimum atomic E-state index is 0.681. The van der Waals surface area contributed by atoms with Gasteiger partial charge in [0.15, 0.2) is 0 Å². The molecule has 0 saturated heterocycles. The maximum Gasteiger partial charge on any atom is 0.216 e. The molecule has 1 aromatic carbocycles. The molecule has 1 aliphatic heterocycles. The molecule has 2 heterocycles. The Bertz CT molecular complexity index is 549. The summed E-state index contributed by atoms with van der Waals surface area (Å²) >= 11 is 0. The van der Waals surface area contributed by atoms with Crippen molar-refractivity contribution in [2.45, 2.75) is 0 Å². The van der Waals surface area contributed by atoms with Gasteiger partial charge in [0.25, 0.3) is 0 Å². The number of aliphatic imine (C=N–C) groups is 1. The van der Waals surface area contributed by atoms with Crippen molar-refractivity contribution in [3.63, 3.8) is 0 Å². The Hall–Kier alpha value is -2.16. The van der Waals surface area contributed by atoms with E-state index in [9.17, 15) is 0 Å². The fourth-order valence-corrected chi connectivity index (χ4v) is 1.95. The molecule has 2 aromatic rings. The summed E-state index contributed by atoms with van der Waals surface area (Å²) in [5, 5.41) is 0. The number of hydrogen-bond acceptors (Lipinski definition) is 3. The molecule has 3 nitrogen and oxygen atoms in total. The van der Waals surface area contributed by atoms with Crippen molar-refractivity contribution in [1.29, 1.82) is 0 Å². The third kappa shape index (κ3) is 1.91. The minimum absolute atomic E-state index is 0.681. The molecule has 0 N–H and O–H groups in total. The molecular weight excluding hydrogens is 212 g/mol. The summed E-state index contributed by atoms with van der Waals surface area (Å²) in [4.78, 5) is 8.41. The van der Waals surface area contributed by atoms with Gasteiger partial charge in [-0.25, -0.2) is 4.99 Å². The van der Waals surface area contributed by atoms with Gasteiger partial charge in [-0.05, 0) is 29.3 Å². The quantitative estimate of drug-likeness (QED) is 0.785. The molecule has 0 radical (unpaired) electrons. The van der Waals surface area contributed by atoms with Crippen LogP contribution in [0.3, 0.4) is 0 Å². The van der Waals surface area contributed by atoms with Gasteiger partial charge in [0, 0.05) is 18.0 Å². The number of pyridine rings is 1. The Balaban J connectivity index is 2.11. The Morgan fingerprint density at radius 2 is 1.71 bits per heavy atom. The van der Waals surface area contributed by atoms with Gasteiger partial charge in [0.1, 0.15) is 6.61 Å². The number of benzene rings is 1. The highest BCUT2D eigenvalue weighted by atomic mass is 16.5. The van der Waals surface area contributed by atoms with Crippen molar-refractivity contribution < 1.29 is 4.74 Å². The van der Waals surface area contributed by atoms with E-state index in [-0.39, 0.29) is 0 Å². The average Bonchev–Trinajstić information content (AvgIpc) is 2.94. The molecular formula is C14H12N2O. The molecule has 3 heteroatoms. The van der Waals surface area contributed by atoms with Crippen LogP contribution in [0.5, 0.6) is 0 Å². The van der Waals surface area contributed by atoms with E-state index in [0.29, 0.717) is 6.61 Å². The zero-order valence-corrected chi connectivity index (χ0v) is 9.34. The van der Waals surface area contributed by atoms with Gasteiger partial charge in [-0.3, -0.25) is 4.98 Å². The lowest BCUT2D eigenvalue weighted by molar-refractivity contribution is 0.348. The molecule has 3 rings (SSSR count). The molecule has 0 atom stereocenters. The number of rotatable bonds is 2. The van der Waals surface area contributed by atoms with E-state index in [1.165, 1.54) is 0 Å². The second kappa shape index (κ2) is 4.37. The monoisotopic (exact) mass is 224 g/mol.